The normalized spacial score (nSPS) is 18.7. The second-order valence-electron chi connectivity index (χ2n) is 2.73. The maximum absolute atomic E-state index is 5.24. The molecule has 0 saturated heterocycles. The second kappa shape index (κ2) is 2.38. The monoisotopic (exact) mass is 146 g/mol. The van der Waals surface area contributed by atoms with E-state index in [-0.39, 0.29) is 0 Å². The first-order valence-electron chi connectivity index (χ1n) is 3.77. The van der Waals surface area contributed by atoms with Gasteiger partial charge in [0.15, 0.2) is 0 Å². The number of benzene rings is 1. The third-order valence-corrected chi connectivity index (χ3v) is 2.12. The standard InChI is InChI=1S/C9H10N2/c10-11-9-6-5-7-3-1-2-4-8(7)9/h1-4H,5-6,10H2. The molecule has 0 fully saturated rings. The fourth-order valence-corrected chi connectivity index (χ4v) is 1.54. The molecule has 1 aromatic carbocycles. The summed E-state index contributed by atoms with van der Waals surface area (Å²) in [6.45, 7) is 0. The van der Waals surface area contributed by atoms with Crippen molar-refractivity contribution in [2.45, 2.75) is 12.8 Å². The predicted octanol–water partition coefficient (Wildman–Crippen LogP) is 1.30. The van der Waals surface area contributed by atoms with E-state index in [0.717, 1.165) is 18.6 Å². The zero-order valence-corrected chi connectivity index (χ0v) is 6.25. The van der Waals surface area contributed by atoms with Gasteiger partial charge in [-0.05, 0) is 18.4 Å². The molecule has 0 bridgehead atoms. The highest BCUT2D eigenvalue weighted by atomic mass is 15.1. The minimum atomic E-state index is 0.996. The van der Waals surface area contributed by atoms with E-state index < -0.39 is 0 Å². The first-order chi connectivity index (χ1) is 5.42. The molecular weight excluding hydrogens is 136 g/mol. The smallest absolute Gasteiger partial charge is 0.0678 e. The van der Waals surface area contributed by atoms with Crippen LogP contribution in [0.1, 0.15) is 17.5 Å². The van der Waals surface area contributed by atoms with Crippen molar-refractivity contribution in [1.82, 2.24) is 0 Å². The quantitative estimate of drug-likeness (QED) is 0.434. The Kier molecular flexibility index (Phi) is 1.39. The topological polar surface area (TPSA) is 38.4 Å². The molecule has 2 N–H and O–H groups in total. The summed E-state index contributed by atoms with van der Waals surface area (Å²) in [6, 6.07) is 8.29. The van der Waals surface area contributed by atoms with E-state index in [1.54, 1.807) is 0 Å². The van der Waals surface area contributed by atoms with Gasteiger partial charge in [0, 0.05) is 5.56 Å². The van der Waals surface area contributed by atoms with Crippen molar-refractivity contribution in [1.29, 1.82) is 0 Å². The summed E-state index contributed by atoms with van der Waals surface area (Å²) in [6.07, 6.45) is 2.09. The Labute approximate surface area is 65.7 Å². The van der Waals surface area contributed by atoms with E-state index in [9.17, 15) is 0 Å². The van der Waals surface area contributed by atoms with E-state index in [1.165, 1.54) is 11.1 Å². The van der Waals surface area contributed by atoms with Crippen molar-refractivity contribution in [2.75, 3.05) is 0 Å². The lowest BCUT2D eigenvalue weighted by molar-refractivity contribution is 1.08. The minimum Gasteiger partial charge on any atom is -0.323 e. The van der Waals surface area contributed by atoms with E-state index >= 15 is 0 Å². The summed E-state index contributed by atoms with van der Waals surface area (Å²) in [7, 11) is 0. The Morgan fingerprint density at radius 1 is 1.18 bits per heavy atom. The number of aryl methyl sites for hydroxylation is 1. The fourth-order valence-electron chi connectivity index (χ4n) is 1.54. The number of hydrazone groups is 1. The fraction of sp³-hybridized carbons (Fsp3) is 0.222. The van der Waals surface area contributed by atoms with Gasteiger partial charge in [0.05, 0.1) is 5.71 Å². The molecule has 1 aliphatic rings. The predicted molar refractivity (Wildman–Crippen MR) is 45.5 cm³/mol. The lowest BCUT2D eigenvalue weighted by atomic mass is 10.1. The van der Waals surface area contributed by atoms with Crippen LogP contribution < -0.4 is 5.84 Å². The van der Waals surface area contributed by atoms with Gasteiger partial charge >= 0.3 is 0 Å². The molecule has 56 valence electrons. The molecule has 2 heteroatoms. The molecule has 0 atom stereocenters. The Morgan fingerprint density at radius 2 is 2.00 bits per heavy atom. The molecule has 0 aliphatic heterocycles. The first-order valence-corrected chi connectivity index (χ1v) is 3.77. The number of hydrogen-bond donors (Lipinski definition) is 1. The van der Waals surface area contributed by atoms with Crippen LogP contribution in [-0.2, 0) is 6.42 Å². The Morgan fingerprint density at radius 3 is 2.82 bits per heavy atom. The molecule has 0 saturated carbocycles. The zero-order valence-electron chi connectivity index (χ0n) is 6.25. The van der Waals surface area contributed by atoms with Crippen LogP contribution in [0.4, 0.5) is 0 Å². The molecule has 0 heterocycles. The van der Waals surface area contributed by atoms with Crippen LogP contribution in [0.5, 0.6) is 0 Å². The zero-order chi connectivity index (χ0) is 7.68. The lowest BCUT2D eigenvalue weighted by Gasteiger charge is -1.95. The number of hydrogen-bond acceptors (Lipinski definition) is 2. The van der Waals surface area contributed by atoms with Crippen molar-refractivity contribution < 1.29 is 0 Å². The number of nitrogens with two attached hydrogens (primary N) is 1. The molecule has 2 rings (SSSR count). The highest BCUT2D eigenvalue weighted by Crippen LogP contribution is 2.21. The lowest BCUT2D eigenvalue weighted by Crippen LogP contribution is -1.97. The van der Waals surface area contributed by atoms with Gasteiger partial charge in [-0.15, -0.1) is 0 Å². The number of nitrogens with zero attached hydrogens (tertiary/aromatic N) is 1. The van der Waals surface area contributed by atoms with Gasteiger partial charge in [-0.3, -0.25) is 0 Å². The molecule has 0 aromatic heterocycles. The summed E-state index contributed by atoms with van der Waals surface area (Å²) in [5, 5.41) is 3.75. The van der Waals surface area contributed by atoms with Crippen LogP contribution in [0.25, 0.3) is 0 Å². The molecule has 1 aromatic rings. The van der Waals surface area contributed by atoms with Crippen LogP contribution in [-0.4, -0.2) is 5.71 Å². The van der Waals surface area contributed by atoms with E-state index in [4.69, 9.17) is 5.84 Å². The molecule has 1 aliphatic carbocycles. The van der Waals surface area contributed by atoms with Gasteiger partial charge in [-0.1, -0.05) is 24.3 Å². The van der Waals surface area contributed by atoms with Crippen LogP contribution in [0.15, 0.2) is 29.4 Å². The van der Waals surface area contributed by atoms with Crippen LogP contribution in [0, 0.1) is 0 Å². The van der Waals surface area contributed by atoms with E-state index in [0.29, 0.717) is 0 Å². The van der Waals surface area contributed by atoms with Gasteiger partial charge in [0.25, 0.3) is 0 Å². The third kappa shape index (κ3) is 0.909. The Bertz CT molecular complexity index is 302. The summed E-state index contributed by atoms with van der Waals surface area (Å²) in [5.74, 6) is 5.24. The maximum atomic E-state index is 5.24. The van der Waals surface area contributed by atoms with E-state index in [1.807, 2.05) is 6.07 Å². The molecule has 0 radical (unpaired) electrons. The molecule has 0 spiro atoms. The largest absolute Gasteiger partial charge is 0.323 e. The average Bonchev–Trinajstić information content (AvgIpc) is 2.47. The van der Waals surface area contributed by atoms with Crippen molar-refractivity contribution in [2.24, 2.45) is 10.9 Å². The Hall–Kier alpha value is -1.31. The average molecular weight is 146 g/mol. The molecular formula is C9H10N2. The molecule has 0 unspecified atom stereocenters. The SMILES string of the molecule is NN=C1CCc2ccccc21. The summed E-state index contributed by atoms with van der Waals surface area (Å²) in [5.41, 5.74) is 3.65. The van der Waals surface area contributed by atoms with Crippen molar-refractivity contribution >= 4 is 5.71 Å². The van der Waals surface area contributed by atoms with Gasteiger partial charge in [-0.2, -0.15) is 5.10 Å². The third-order valence-electron chi connectivity index (χ3n) is 2.12. The number of rotatable bonds is 0. The van der Waals surface area contributed by atoms with Gasteiger partial charge in [0.1, 0.15) is 0 Å². The first kappa shape index (κ1) is 6.40. The van der Waals surface area contributed by atoms with E-state index in [2.05, 4.69) is 23.3 Å². The highest BCUT2D eigenvalue weighted by Gasteiger charge is 2.15. The Balaban J connectivity index is 2.55. The maximum Gasteiger partial charge on any atom is 0.0678 e. The summed E-state index contributed by atoms with van der Waals surface area (Å²) >= 11 is 0. The number of fused-ring (bicyclic) bond motifs is 1. The van der Waals surface area contributed by atoms with Gasteiger partial charge in [0.2, 0.25) is 0 Å². The highest BCUT2D eigenvalue weighted by molar-refractivity contribution is 6.04. The van der Waals surface area contributed by atoms with Crippen molar-refractivity contribution in [3.63, 3.8) is 0 Å². The second-order valence-corrected chi connectivity index (χ2v) is 2.73. The van der Waals surface area contributed by atoms with Crippen molar-refractivity contribution in [3.05, 3.63) is 35.4 Å². The van der Waals surface area contributed by atoms with Gasteiger partial charge < -0.3 is 5.84 Å². The van der Waals surface area contributed by atoms with Crippen LogP contribution in [0.3, 0.4) is 0 Å². The molecule has 11 heavy (non-hydrogen) atoms. The van der Waals surface area contributed by atoms with Crippen molar-refractivity contribution in [3.8, 4) is 0 Å². The van der Waals surface area contributed by atoms with Crippen LogP contribution >= 0.6 is 0 Å². The molecule has 0 amide bonds. The molecule has 2 nitrogen and oxygen atoms in total. The van der Waals surface area contributed by atoms with Crippen LogP contribution in [0.2, 0.25) is 0 Å². The minimum absolute atomic E-state index is 0.996. The summed E-state index contributed by atoms with van der Waals surface area (Å²) < 4.78 is 0. The van der Waals surface area contributed by atoms with Gasteiger partial charge in [-0.25, -0.2) is 0 Å². The summed E-state index contributed by atoms with van der Waals surface area (Å²) in [4.78, 5) is 0.